The number of nitrogens with zero attached hydrogens (tertiary/aromatic N) is 1. The Hall–Kier alpha value is -1.93. The molecule has 1 aliphatic rings. The minimum Gasteiger partial charge on any atom is -0.478 e. The van der Waals surface area contributed by atoms with Gasteiger partial charge < -0.3 is 10.4 Å². The van der Waals surface area contributed by atoms with Crippen molar-refractivity contribution in [3.05, 3.63) is 35.4 Å². The Morgan fingerprint density at radius 2 is 1.90 bits per heavy atom. The van der Waals surface area contributed by atoms with Crippen LogP contribution in [-0.2, 0) is 20.6 Å². The van der Waals surface area contributed by atoms with Gasteiger partial charge in [-0.15, -0.1) is 0 Å². The second-order valence-electron chi connectivity index (χ2n) is 4.76. The van der Waals surface area contributed by atoms with Gasteiger partial charge in [0.1, 0.15) is 0 Å². The molecule has 0 unspecified atom stereocenters. The van der Waals surface area contributed by atoms with Crippen LogP contribution in [0, 0.1) is 0 Å². The molecule has 1 aliphatic heterocycles. The number of carbonyl (C=O) groups excluding carboxylic acids is 1. The lowest BCUT2D eigenvalue weighted by atomic mass is 10.1. The predicted molar refractivity (Wildman–Crippen MR) is 75.2 cm³/mol. The van der Waals surface area contributed by atoms with E-state index in [0.29, 0.717) is 12.1 Å². The third-order valence-electron chi connectivity index (χ3n) is 3.21. The number of rotatable bonds is 4. The van der Waals surface area contributed by atoms with Crippen molar-refractivity contribution in [2.45, 2.75) is 12.2 Å². The van der Waals surface area contributed by atoms with Crippen molar-refractivity contribution in [1.29, 1.82) is 0 Å². The molecule has 8 heteroatoms. The highest BCUT2D eigenvalue weighted by molar-refractivity contribution is 7.88. The van der Waals surface area contributed by atoms with Gasteiger partial charge in [0.05, 0.1) is 11.3 Å². The summed E-state index contributed by atoms with van der Waals surface area (Å²) >= 11 is 0. The minimum absolute atomic E-state index is 0.112. The van der Waals surface area contributed by atoms with Crippen LogP contribution in [0.5, 0.6) is 0 Å². The number of nitrogens with one attached hydrogen (secondary N) is 1. The first kappa shape index (κ1) is 15.5. The smallest absolute Gasteiger partial charge is 0.335 e. The third-order valence-corrected chi connectivity index (χ3v) is 5.07. The average Bonchev–Trinajstić information content (AvgIpc) is 2.64. The summed E-state index contributed by atoms with van der Waals surface area (Å²) in [6, 6.07) is 5.73. The Morgan fingerprint density at radius 3 is 2.52 bits per heavy atom. The summed E-state index contributed by atoms with van der Waals surface area (Å²) in [4.78, 5) is 22.0. The molecule has 1 amide bonds. The lowest BCUT2D eigenvalue weighted by Gasteiger charge is -2.19. The summed E-state index contributed by atoms with van der Waals surface area (Å²) in [7, 11) is -3.52. The summed E-state index contributed by atoms with van der Waals surface area (Å²) in [5.41, 5.74) is 0.629. The van der Waals surface area contributed by atoms with Gasteiger partial charge in [0.2, 0.25) is 15.9 Å². The molecule has 0 saturated carbocycles. The number of sulfonamides is 1. The maximum Gasteiger partial charge on any atom is 0.335 e. The normalized spacial score (nSPS) is 17.0. The fraction of sp³-hybridized carbons (Fsp3) is 0.385. The van der Waals surface area contributed by atoms with Crippen molar-refractivity contribution in [1.82, 2.24) is 9.62 Å². The van der Waals surface area contributed by atoms with E-state index in [1.165, 1.54) is 28.6 Å². The standard InChI is InChI=1S/C13H16N2O5S/c16-12-5-7-15(8-6-14-12)21(19,20)9-10-1-3-11(4-2-10)13(17)18/h1-4H,5-9H2,(H,14,16)(H,17,18). The highest BCUT2D eigenvalue weighted by Crippen LogP contribution is 2.13. The van der Waals surface area contributed by atoms with Crippen LogP contribution in [0.2, 0.25) is 0 Å². The van der Waals surface area contributed by atoms with Crippen molar-refractivity contribution >= 4 is 21.9 Å². The molecule has 2 rings (SSSR count). The van der Waals surface area contributed by atoms with Gasteiger partial charge in [-0.1, -0.05) is 12.1 Å². The van der Waals surface area contributed by atoms with Gasteiger partial charge in [0.25, 0.3) is 0 Å². The van der Waals surface area contributed by atoms with Crippen LogP contribution in [0.25, 0.3) is 0 Å². The SMILES string of the molecule is O=C1CCN(S(=O)(=O)Cc2ccc(C(=O)O)cc2)CCN1. The zero-order valence-corrected chi connectivity index (χ0v) is 12.1. The molecule has 2 N–H and O–H groups in total. The number of carboxylic acids is 1. The molecule has 0 aliphatic carbocycles. The molecule has 1 fully saturated rings. The zero-order chi connectivity index (χ0) is 15.5. The zero-order valence-electron chi connectivity index (χ0n) is 11.3. The van der Waals surface area contributed by atoms with E-state index >= 15 is 0 Å². The highest BCUT2D eigenvalue weighted by Gasteiger charge is 2.25. The molecule has 1 aromatic rings. The summed E-state index contributed by atoms with van der Waals surface area (Å²) in [5.74, 6) is -1.42. The fourth-order valence-corrected chi connectivity index (χ4v) is 3.61. The molecule has 114 valence electrons. The van der Waals surface area contributed by atoms with Crippen LogP contribution in [0.1, 0.15) is 22.3 Å². The Morgan fingerprint density at radius 1 is 1.24 bits per heavy atom. The molecule has 7 nitrogen and oxygen atoms in total. The van der Waals surface area contributed by atoms with Crippen molar-refractivity contribution in [2.75, 3.05) is 19.6 Å². The topological polar surface area (TPSA) is 104 Å². The van der Waals surface area contributed by atoms with Crippen molar-refractivity contribution in [3.8, 4) is 0 Å². The number of hydrogen-bond donors (Lipinski definition) is 2. The summed E-state index contributed by atoms with van der Waals surface area (Å²) in [6.45, 7) is 0.721. The van der Waals surface area contributed by atoms with Gasteiger partial charge in [0, 0.05) is 26.1 Å². The van der Waals surface area contributed by atoms with Crippen LogP contribution in [0.4, 0.5) is 0 Å². The van der Waals surface area contributed by atoms with Gasteiger partial charge in [-0.25, -0.2) is 13.2 Å². The third kappa shape index (κ3) is 4.02. The molecule has 0 bridgehead atoms. The first-order valence-electron chi connectivity index (χ1n) is 6.45. The molecule has 0 radical (unpaired) electrons. The van der Waals surface area contributed by atoms with Crippen LogP contribution in [-0.4, -0.2) is 49.3 Å². The van der Waals surface area contributed by atoms with E-state index < -0.39 is 16.0 Å². The van der Waals surface area contributed by atoms with E-state index in [-0.39, 0.29) is 36.7 Å². The Bertz CT molecular complexity index is 639. The van der Waals surface area contributed by atoms with Crippen molar-refractivity contribution in [3.63, 3.8) is 0 Å². The number of carboxylic acid groups (broad SMARTS) is 1. The van der Waals surface area contributed by atoms with Gasteiger partial charge in [-0.2, -0.15) is 4.31 Å². The van der Waals surface area contributed by atoms with Crippen molar-refractivity contribution in [2.24, 2.45) is 0 Å². The molecule has 21 heavy (non-hydrogen) atoms. The van der Waals surface area contributed by atoms with Crippen LogP contribution in [0.15, 0.2) is 24.3 Å². The summed E-state index contributed by atoms with van der Waals surface area (Å²) in [5, 5.41) is 11.4. The predicted octanol–water partition coefficient (Wildman–Crippen LogP) is 0.0365. The minimum atomic E-state index is -3.52. The maximum atomic E-state index is 12.3. The first-order valence-corrected chi connectivity index (χ1v) is 8.06. The van der Waals surface area contributed by atoms with Gasteiger partial charge >= 0.3 is 5.97 Å². The average molecular weight is 312 g/mol. The highest BCUT2D eigenvalue weighted by atomic mass is 32.2. The first-order chi connectivity index (χ1) is 9.88. The number of carbonyl (C=O) groups is 2. The Balaban J connectivity index is 2.09. The van der Waals surface area contributed by atoms with E-state index in [1.54, 1.807) is 0 Å². The van der Waals surface area contributed by atoms with Gasteiger partial charge in [-0.05, 0) is 17.7 Å². The lowest BCUT2D eigenvalue weighted by molar-refractivity contribution is -0.120. The monoisotopic (exact) mass is 312 g/mol. The molecular formula is C13H16N2O5S. The number of benzene rings is 1. The molecule has 1 aromatic carbocycles. The molecule has 1 heterocycles. The summed E-state index contributed by atoms with van der Waals surface area (Å²) < 4.78 is 25.9. The molecule has 1 saturated heterocycles. The van der Waals surface area contributed by atoms with Crippen molar-refractivity contribution < 1.29 is 23.1 Å². The van der Waals surface area contributed by atoms with E-state index in [4.69, 9.17) is 5.11 Å². The van der Waals surface area contributed by atoms with Gasteiger partial charge in [-0.3, -0.25) is 4.79 Å². The number of aromatic carboxylic acids is 1. The Labute approximate surface area is 122 Å². The van der Waals surface area contributed by atoms with Crippen LogP contribution in [0.3, 0.4) is 0 Å². The van der Waals surface area contributed by atoms with E-state index in [2.05, 4.69) is 5.32 Å². The van der Waals surface area contributed by atoms with Crippen LogP contribution >= 0.6 is 0 Å². The maximum absolute atomic E-state index is 12.3. The molecule has 0 spiro atoms. The Kier molecular flexibility index (Phi) is 4.59. The van der Waals surface area contributed by atoms with E-state index in [1.807, 2.05) is 0 Å². The molecule has 0 atom stereocenters. The largest absolute Gasteiger partial charge is 0.478 e. The molecular weight excluding hydrogens is 296 g/mol. The van der Waals surface area contributed by atoms with E-state index in [9.17, 15) is 18.0 Å². The lowest BCUT2D eigenvalue weighted by Crippen LogP contribution is -2.35. The number of hydrogen-bond acceptors (Lipinski definition) is 4. The second kappa shape index (κ2) is 6.23. The number of amides is 1. The molecule has 0 aromatic heterocycles. The fourth-order valence-electron chi connectivity index (χ4n) is 2.07. The summed E-state index contributed by atoms with van der Waals surface area (Å²) in [6.07, 6.45) is 0.150. The van der Waals surface area contributed by atoms with E-state index in [0.717, 1.165) is 0 Å². The quantitative estimate of drug-likeness (QED) is 0.817. The van der Waals surface area contributed by atoms with Gasteiger partial charge in [0.15, 0.2) is 0 Å². The van der Waals surface area contributed by atoms with Crippen LogP contribution < -0.4 is 5.32 Å². The second-order valence-corrected chi connectivity index (χ2v) is 6.73.